The van der Waals surface area contributed by atoms with Gasteiger partial charge in [-0.25, -0.2) is 0 Å². The number of benzene rings is 1. The van der Waals surface area contributed by atoms with Crippen LogP contribution >= 0.6 is 0 Å². The number of hydrogen-bond acceptors (Lipinski definition) is 7. The summed E-state index contributed by atoms with van der Waals surface area (Å²) in [6, 6.07) is 5.64. The number of non-ortho nitro benzene ring substituents is 1. The second-order valence-corrected chi connectivity index (χ2v) is 8.12. The first kappa shape index (κ1) is 20.8. The molecule has 2 aliphatic heterocycles. The van der Waals surface area contributed by atoms with Crippen LogP contribution in [0.4, 0.5) is 11.4 Å². The van der Waals surface area contributed by atoms with E-state index in [-0.39, 0.29) is 10.6 Å². The minimum Gasteiger partial charge on any atom is -0.490 e. The summed E-state index contributed by atoms with van der Waals surface area (Å²) in [6.07, 6.45) is 2.25. The average molecular weight is 392 g/mol. The number of nitro groups is 1. The zero-order valence-electron chi connectivity index (χ0n) is 17.3. The smallest absolute Gasteiger partial charge is 0.273 e. The van der Waals surface area contributed by atoms with Crippen LogP contribution in [0.3, 0.4) is 0 Å². The number of nitrogens with zero attached hydrogens (tertiary/aromatic N) is 5. The highest BCUT2D eigenvalue weighted by atomic mass is 16.6. The third-order valence-electron chi connectivity index (χ3n) is 5.81. The second-order valence-electron chi connectivity index (χ2n) is 8.12. The van der Waals surface area contributed by atoms with Gasteiger partial charge in [-0.15, -0.1) is 0 Å². The van der Waals surface area contributed by atoms with Gasteiger partial charge in [0.25, 0.3) is 5.69 Å². The van der Waals surface area contributed by atoms with E-state index < -0.39 is 0 Å². The maximum atomic E-state index is 11.2. The molecule has 1 aromatic carbocycles. The Bertz CT molecular complexity index is 653. The topological polar surface area (TPSA) is 65.3 Å². The summed E-state index contributed by atoms with van der Waals surface area (Å²) in [7, 11) is 6.16. The van der Waals surface area contributed by atoms with Gasteiger partial charge in [0.15, 0.2) is 0 Å². The molecule has 2 aliphatic rings. The zero-order valence-corrected chi connectivity index (χ0v) is 17.3. The van der Waals surface area contributed by atoms with E-state index in [1.165, 1.54) is 0 Å². The van der Waals surface area contributed by atoms with E-state index in [1.54, 1.807) is 12.1 Å². The number of hydrogen-bond donors (Lipinski definition) is 0. The molecule has 2 saturated heterocycles. The Labute approximate surface area is 167 Å². The number of piperazine rings is 1. The van der Waals surface area contributed by atoms with Crippen molar-refractivity contribution in [3.63, 3.8) is 0 Å². The van der Waals surface area contributed by atoms with E-state index in [0.717, 1.165) is 64.3 Å². The van der Waals surface area contributed by atoms with Crippen molar-refractivity contribution in [2.24, 2.45) is 0 Å². The first-order valence-electron chi connectivity index (χ1n) is 10.2. The molecule has 8 nitrogen and oxygen atoms in total. The third kappa shape index (κ3) is 5.33. The van der Waals surface area contributed by atoms with Gasteiger partial charge in [0.2, 0.25) is 0 Å². The fraction of sp³-hybridized carbons (Fsp3) is 0.700. The predicted octanol–water partition coefficient (Wildman–Crippen LogP) is 1.75. The van der Waals surface area contributed by atoms with Crippen molar-refractivity contribution in [2.45, 2.75) is 18.9 Å². The van der Waals surface area contributed by atoms with Crippen molar-refractivity contribution in [3.8, 4) is 5.75 Å². The van der Waals surface area contributed by atoms with E-state index >= 15 is 0 Å². The Morgan fingerprint density at radius 2 is 1.82 bits per heavy atom. The molecule has 0 aliphatic carbocycles. The summed E-state index contributed by atoms with van der Waals surface area (Å²) in [5.41, 5.74) is 1.05. The molecular formula is C20H33N5O3. The highest BCUT2D eigenvalue weighted by molar-refractivity contribution is 5.62. The van der Waals surface area contributed by atoms with Gasteiger partial charge in [0, 0.05) is 57.9 Å². The summed E-state index contributed by atoms with van der Waals surface area (Å²) in [5, 5.41) is 11.2. The molecule has 3 rings (SSSR count). The average Bonchev–Trinajstić information content (AvgIpc) is 2.68. The molecule has 0 amide bonds. The van der Waals surface area contributed by atoms with Crippen LogP contribution in [0, 0.1) is 10.1 Å². The van der Waals surface area contributed by atoms with Crippen LogP contribution in [0.5, 0.6) is 5.75 Å². The molecule has 0 radical (unpaired) electrons. The normalized spacial score (nSPS) is 19.9. The van der Waals surface area contributed by atoms with Gasteiger partial charge in [0.1, 0.15) is 12.4 Å². The zero-order chi connectivity index (χ0) is 20.1. The molecule has 1 aromatic rings. The fourth-order valence-electron chi connectivity index (χ4n) is 3.99. The standard InChI is InChI=1S/C20H33N5O3/c1-21(2)14-15-28-20-16-18(25(26)27)4-5-19(20)24-8-6-17(7-9-24)23-12-10-22(3)11-13-23/h4-5,16-17H,6-15H2,1-3H3. The lowest BCUT2D eigenvalue weighted by molar-refractivity contribution is -0.384. The fourth-order valence-corrected chi connectivity index (χ4v) is 3.99. The van der Waals surface area contributed by atoms with Crippen molar-refractivity contribution in [1.29, 1.82) is 0 Å². The molecule has 28 heavy (non-hydrogen) atoms. The molecule has 0 atom stereocenters. The van der Waals surface area contributed by atoms with Crippen molar-refractivity contribution >= 4 is 11.4 Å². The molecule has 0 saturated carbocycles. The molecule has 8 heteroatoms. The number of nitro benzene ring substituents is 1. The van der Waals surface area contributed by atoms with Gasteiger partial charge >= 0.3 is 0 Å². The maximum Gasteiger partial charge on any atom is 0.273 e. The quantitative estimate of drug-likeness (QED) is 0.518. The monoisotopic (exact) mass is 391 g/mol. The van der Waals surface area contributed by atoms with Gasteiger partial charge < -0.3 is 19.4 Å². The molecule has 0 bridgehead atoms. The molecule has 156 valence electrons. The highest BCUT2D eigenvalue weighted by Gasteiger charge is 2.28. The number of piperidine rings is 1. The molecule has 2 heterocycles. The van der Waals surface area contributed by atoms with Gasteiger partial charge in [-0.05, 0) is 40.1 Å². The lowest BCUT2D eigenvalue weighted by Crippen LogP contribution is -2.52. The van der Waals surface area contributed by atoms with Crippen LogP contribution in [0.2, 0.25) is 0 Å². The summed E-state index contributed by atoms with van der Waals surface area (Å²) in [4.78, 5) is 20.2. The Kier molecular flexibility index (Phi) is 7.09. The van der Waals surface area contributed by atoms with Crippen molar-refractivity contribution in [2.75, 3.05) is 78.5 Å². The first-order chi connectivity index (χ1) is 13.4. The predicted molar refractivity (Wildman–Crippen MR) is 111 cm³/mol. The number of rotatable bonds is 7. The van der Waals surface area contributed by atoms with Gasteiger partial charge in [-0.3, -0.25) is 15.0 Å². The van der Waals surface area contributed by atoms with Crippen LogP contribution in [-0.4, -0.2) is 99.2 Å². The summed E-state index contributed by atoms with van der Waals surface area (Å²) in [5.74, 6) is 0.620. The number of anilines is 1. The Balaban J connectivity index is 1.64. The second kappa shape index (κ2) is 9.54. The van der Waals surface area contributed by atoms with Crippen LogP contribution in [0.15, 0.2) is 18.2 Å². The Morgan fingerprint density at radius 1 is 1.14 bits per heavy atom. The summed E-state index contributed by atoms with van der Waals surface area (Å²) < 4.78 is 5.94. The lowest BCUT2D eigenvalue weighted by Gasteiger charge is -2.42. The van der Waals surface area contributed by atoms with E-state index in [2.05, 4.69) is 21.7 Å². The molecule has 0 unspecified atom stereocenters. The van der Waals surface area contributed by atoms with Crippen LogP contribution in [0.25, 0.3) is 0 Å². The largest absolute Gasteiger partial charge is 0.490 e. The lowest BCUT2D eigenvalue weighted by atomic mass is 10.0. The SMILES string of the molecule is CN(C)CCOc1cc([N+](=O)[O-])ccc1N1CCC(N2CCN(C)CC2)CC1. The molecular weight excluding hydrogens is 358 g/mol. The Hall–Kier alpha value is -1.90. The summed E-state index contributed by atoms with van der Waals surface area (Å²) in [6.45, 7) is 7.79. The molecule has 0 spiro atoms. The number of ether oxygens (including phenoxy) is 1. The minimum atomic E-state index is -0.359. The molecule has 0 aromatic heterocycles. The van der Waals surface area contributed by atoms with Gasteiger partial charge in [-0.1, -0.05) is 0 Å². The third-order valence-corrected chi connectivity index (χ3v) is 5.81. The van der Waals surface area contributed by atoms with E-state index in [0.29, 0.717) is 18.4 Å². The Morgan fingerprint density at radius 3 is 2.43 bits per heavy atom. The van der Waals surface area contributed by atoms with Crippen LogP contribution in [-0.2, 0) is 0 Å². The van der Waals surface area contributed by atoms with Gasteiger partial charge in [0.05, 0.1) is 16.7 Å². The van der Waals surface area contributed by atoms with Crippen molar-refractivity contribution in [1.82, 2.24) is 14.7 Å². The van der Waals surface area contributed by atoms with Crippen LogP contribution < -0.4 is 9.64 Å². The first-order valence-corrected chi connectivity index (χ1v) is 10.2. The highest BCUT2D eigenvalue weighted by Crippen LogP contribution is 2.34. The molecule has 0 N–H and O–H groups in total. The number of likely N-dealkylation sites (N-methyl/N-ethyl adjacent to an activating group) is 2. The maximum absolute atomic E-state index is 11.2. The van der Waals surface area contributed by atoms with Crippen molar-refractivity contribution in [3.05, 3.63) is 28.3 Å². The van der Waals surface area contributed by atoms with E-state index in [4.69, 9.17) is 4.74 Å². The summed E-state index contributed by atoms with van der Waals surface area (Å²) >= 11 is 0. The van der Waals surface area contributed by atoms with Crippen LogP contribution in [0.1, 0.15) is 12.8 Å². The minimum absolute atomic E-state index is 0.0796. The van der Waals surface area contributed by atoms with Gasteiger partial charge in [-0.2, -0.15) is 0 Å². The van der Waals surface area contributed by atoms with Crippen molar-refractivity contribution < 1.29 is 9.66 Å². The van der Waals surface area contributed by atoms with E-state index in [1.807, 2.05) is 25.1 Å². The van der Waals surface area contributed by atoms with E-state index in [9.17, 15) is 10.1 Å². The molecule has 2 fully saturated rings.